The third kappa shape index (κ3) is 23.8. The summed E-state index contributed by atoms with van der Waals surface area (Å²) in [5.41, 5.74) is 0. The molecule has 0 saturated carbocycles. The fourth-order valence-electron chi connectivity index (χ4n) is 3.84. The van der Waals surface area contributed by atoms with Gasteiger partial charge in [-0.05, 0) is 38.5 Å². The van der Waals surface area contributed by atoms with E-state index in [2.05, 4.69) is 26.0 Å². The molecule has 0 aliphatic rings. The lowest BCUT2D eigenvalue weighted by Crippen LogP contribution is -2.28. The number of hydrogen-bond acceptors (Lipinski definition) is 5. The number of hydrogen-bond donors (Lipinski definition) is 1. The number of aliphatic hydroxyl groups excluding tert-OH is 1. The van der Waals surface area contributed by atoms with E-state index in [1.165, 1.54) is 77.0 Å². The van der Waals surface area contributed by atoms with Gasteiger partial charge in [-0.15, -0.1) is 0 Å². The molecule has 0 fully saturated rings. The summed E-state index contributed by atoms with van der Waals surface area (Å²) >= 11 is 0. The second-order valence-corrected chi connectivity index (χ2v) is 9.48. The fraction of sp³-hybridized carbons (Fsp3) is 0.862. The molecule has 0 aromatic rings. The first-order valence-electron chi connectivity index (χ1n) is 14.2. The summed E-state index contributed by atoms with van der Waals surface area (Å²) in [5, 5.41) is 9.35. The average molecular weight is 483 g/mol. The Morgan fingerprint density at radius 1 is 0.647 bits per heavy atom. The van der Waals surface area contributed by atoms with Gasteiger partial charge >= 0.3 is 11.9 Å². The van der Waals surface area contributed by atoms with Crippen molar-refractivity contribution in [3.05, 3.63) is 12.2 Å². The Morgan fingerprint density at radius 2 is 1.09 bits per heavy atom. The van der Waals surface area contributed by atoms with Crippen LogP contribution in [0.3, 0.4) is 0 Å². The number of allylic oxidation sites excluding steroid dienone is 2. The van der Waals surface area contributed by atoms with Crippen molar-refractivity contribution in [1.82, 2.24) is 0 Å². The molecule has 0 amide bonds. The summed E-state index contributed by atoms with van der Waals surface area (Å²) in [6, 6.07) is 0. The molecule has 0 rings (SSSR count). The Bertz CT molecular complexity index is 489. The zero-order valence-corrected chi connectivity index (χ0v) is 22.4. The normalized spacial score (nSPS) is 12.2. The minimum absolute atomic E-state index is 0.0680. The van der Waals surface area contributed by atoms with Crippen molar-refractivity contribution < 1.29 is 24.2 Å². The maximum Gasteiger partial charge on any atom is 0.306 e. The van der Waals surface area contributed by atoms with Gasteiger partial charge in [-0.2, -0.15) is 0 Å². The van der Waals surface area contributed by atoms with Crippen molar-refractivity contribution in [2.45, 2.75) is 148 Å². The maximum atomic E-state index is 11.9. The smallest absolute Gasteiger partial charge is 0.306 e. The van der Waals surface area contributed by atoms with Gasteiger partial charge in [0, 0.05) is 12.8 Å². The molecule has 0 aromatic heterocycles. The molecule has 0 heterocycles. The summed E-state index contributed by atoms with van der Waals surface area (Å²) in [7, 11) is 0. The highest BCUT2D eigenvalue weighted by Crippen LogP contribution is 2.12. The van der Waals surface area contributed by atoms with E-state index in [4.69, 9.17) is 9.47 Å². The van der Waals surface area contributed by atoms with Gasteiger partial charge in [0.05, 0.1) is 6.61 Å². The first kappa shape index (κ1) is 32.6. The lowest BCUT2D eigenvalue weighted by molar-refractivity contribution is -0.161. The molecule has 34 heavy (non-hydrogen) atoms. The van der Waals surface area contributed by atoms with Crippen molar-refractivity contribution in [2.24, 2.45) is 0 Å². The molecule has 5 heteroatoms. The van der Waals surface area contributed by atoms with Crippen LogP contribution in [0.4, 0.5) is 0 Å². The number of unbranched alkanes of at least 4 members (excludes halogenated alkanes) is 15. The lowest BCUT2D eigenvalue weighted by atomic mass is 10.1. The van der Waals surface area contributed by atoms with E-state index in [-0.39, 0.29) is 25.2 Å². The number of ether oxygens (including phenoxy) is 2. The van der Waals surface area contributed by atoms with Crippen LogP contribution in [-0.2, 0) is 19.1 Å². The Hall–Kier alpha value is -1.36. The van der Waals surface area contributed by atoms with E-state index in [1.807, 2.05) is 0 Å². The molecular formula is C29H54O5. The predicted molar refractivity (Wildman–Crippen MR) is 141 cm³/mol. The number of carbonyl (C=O) groups excluding carboxylic acids is 2. The molecule has 1 N–H and O–H groups in total. The molecule has 0 aliphatic carbocycles. The van der Waals surface area contributed by atoms with Gasteiger partial charge in [0.2, 0.25) is 0 Å². The zero-order valence-electron chi connectivity index (χ0n) is 22.4. The largest absolute Gasteiger partial charge is 0.462 e. The van der Waals surface area contributed by atoms with Crippen molar-refractivity contribution >= 4 is 11.9 Å². The Labute approximate surface area is 210 Å². The molecule has 0 spiro atoms. The minimum atomic E-state index is -0.762. The number of aliphatic hydroxyl groups is 1. The molecule has 0 bridgehead atoms. The molecular weight excluding hydrogens is 428 g/mol. The summed E-state index contributed by atoms with van der Waals surface area (Å²) in [6.45, 7) is 3.94. The van der Waals surface area contributed by atoms with Crippen LogP contribution in [0.15, 0.2) is 12.2 Å². The van der Waals surface area contributed by atoms with E-state index in [0.29, 0.717) is 12.8 Å². The van der Waals surface area contributed by atoms with Crippen LogP contribution >= 0.6 is 0 Å². The molecule has 0 saturated heterocycles. The quantitative estimate of drug-likeness (QED) is 0.0815. The van der Waals surface area contributed by atoms with Gasteiger partial charge in [0.15, 0.2) is 6.10 Å². The highest BCUT2D eigenvalue weighted by Gasteiger charge is 2.15. The van der Waals surface area contributed by atoms with E-state index in [1.54, 1.807) is 0 Å². The first-order chi connectivity index (χ1) is 16.6. The van der Waals surface area contributed by atoms with Crippen LogP contribution in [0.25, 0.3) is 0 Å². The van der Waals surface area contributed by atoms with Crippen LogP contribution in [0.1, 0.15) is 142 Å². The monoisotopic (exact) mass is 482 g/mol. The lowest BCUT2D eigenvalue weighted by Gasteiger charge is -2.15. The van der Waals surface area contributed by atoms with Crippen molar-refractivity contribution in [1.29, 1.82) is 0 Å². The topological polar surface area (TPSA) is 72.8 Å². The molecule has 1 unspecified atom stereocenters. The Balaban J connectivity index is 3.50. The van der Waals surface area contributed by atoms with Crippen LogP contribution < -0.4 is 0 Å². The van der Waals surface area contributed by atoms with Crippen molar-refractivity contribution in [3.63, 3.8) is 0 Å². The summed E-state index contributed by atoms with van der Waals surface area (Å²) < 4.78 is 10.3. The molecule has 0 aliphatic heterocycles. The number of esters is 2. The third-order valence-electron chi connectivity index (χ3n) is 6.06. The molecule has 1 atom stereocenters. The number of carbonyl (C=O) groups is 2. The van der Waals surface area contributed by atoms with E-state index in [0.717, 1.165) is 38.5 Å². The SMILES string of the molecule is CCCCCCCC/C=C\CCCCCCCCCC(=O)OC(CO)COC(=O)CCCCC. The minimum Gasteiger partial charge on any atom is -0.462 e. The van der Waals surface area contributed by atoms with Crippen LogP contribution in [0, 0.1) is 0 Å². The molecule has 0 aromatic carbocycles. The second-order valence-electron chi connectivity index (χ2n) is 9.48. The Morgan fingerprint density at radius 3 is 1.65 bits per heavy atom. The molecule has 5 nitrogen and oxygen atoms in total. The second kappa shape index (κ2) is 26.2. The number of rotatable bonds is 25. The van der Waals surface area contributed by atoms with Gasteiger partial charge in [-0.1, -0.05) is 103 Å². The van der Waals surface area contributed by atoms with Gasteiger partial charge in [-0.25, -0.2) is 0 Å². The summed E-state index contributed by atoms with van der Waals surface area (Å²) in [6.07, 6.45) is 26.1. The van der Waals surface area contributed by atoms with Crippen molar-refractivity contribution in [3.8, 4) is 0 Å². The van der Waals surface area contributed by atoms with Gasteiger partial charge in [0.1, 0.15) is 6.61 Å². The standard InChI is InChI=1S/C29H54O5/c1-3-5-7-8-9-10-11-12-13-14-15-16-17-18-19-20-22-24-29(32)34-27(25-30)26-33-28(31)23-21-6-4-2/h12-13,27,30H,3-11,14-26H2,1-2H3/b13-12-. The maximum absolute atomic E-state index is 11.9. The summed E-state index contributed by atoms with van der Waals surface area (Å²) in [4.78, 5) is 23.6. The summed E-state index contributed by atoms with van der Waals surface area (Å²) in [5.74, 6) is -0.624. The van der Waals surface area contributed by atoms with Crippen LogP contribution in [0.5, 0.6) is 0 Å². The highest BCUT2D eigenvalue weighted by atomic mass is 16.6. The van der Waals surface area contributed by atoms with Crippen molar-refractivity contribution in [2.75, 3.05) is 13.2 Å². The Kier molecular flexibility index (Phi) is 25.2. The average Bonchev–Trinajstić information content (AvgIpc) is 2.83. The fourth-order valence-corrected chi connectivity index (χ4v) is 3.84. The third-order valence-corrected chi connectivity index (χ3v) is 6.06. The first-order valence-corrected chi connectivity index (χ1v) is 14.2. The molecule has 200 valence electrons. The highest BCUT2D eigenvalue weighted by molar-refractivity contribution is 5.70. The predicted octanol–water partition coefficient (Wildman–Crippen LogP) is 7.83. The van der Waals surface area contributed by atoms with Crippen LogP contribution in [0.2, 0.25) is 0 Å². The van der Waals surface area contributed by atoms with E-state index in [9.17, 15) is 14.7 Å². The van der Waals surface area contributed by atoms with E-state index >= 15 is 0 Å². The van der Waals surface area contributed by atoms with Gasteiger partial charge in [-0.3, -0.25) is 9.59 Å². The van der Waals surface area contributed by atoms with Gasteiger partial charge < -0.3 is 14.6 Å². The van der Waals surface area contributed by atoms with Gasteiger partial charge in [0.25, 0.3) is 0 Å². The zero-order chi connectivity index (χ0) is 25.1. The van der Waals surface area contributed by atoms with Crippen LogP contribution in [-0.4, -0.2) is 36.4 Å². The molecule has 0 radical (unpaired) electrons. The van der Waals surface area contributed by atoms with E-state index < -0.39 is 6.10 Å².